The molecule has 90 valence electrons. The van der Waals surface area contributed by atoms with Crippen LogP contribution in [0.4, 0.5) is 0 Å². The average Bonchev–Trinajstić information content (AvgIpc) is 2.53. The van der Waals surface area contributed by atoms with Gasteiger partial charge >= 0.3 is 7.60 Å². The maximum absolute atomic E-state index is 11.0. The second-order valence-electron chi connectivity index (χ2n) is 3.53. The highest BCUT2D eigenvalue weighted by atomic mass is 31.2. The molecule has 8 heteroatoms. The summed E-state index contributed by atoms with van der Waals surface area (Å²) in [4.78, 5) is 12.6. The molecule has 1 fully saturated rings. The van der Waals surface area contributed by atoms with E-state index in [1.54, 1.807) is 0 Å². The summed E-state index contributed by atoms with van der Waals surface area (Å²) in [6, 6.07) is 0. The summed E-state index contributed by atoms with van der Waals surface area (Å²) in [6.07, 6.45) is -4.57. The summed E-state index contributed by atoms with van der Waals surface area (Å²) in [5.41, 5.74) is 0. The Morgan fingerprint density at radius 1 is 1.33 bits per heavy atom. The van der Waals surface area contributed by atoms with Crippen molar-refractivity contribution in [3.8, 4) is 0 Å². The van der Waals surface area contributed by atoms with Crippen molar-refractivity contribution in [2.45, 2.75) is 30.8 Å². The average molecular weight is 243 g/mol. The number of aliphatic hydroxyl groups excluding tert-OH is 3. The monoisotopic (exact) mass is 243 g/mol. The topological polar surface area (TPSA) is 127 Å². The first-order valence-corrected chi connectivity index (χ1v) is 6.26. The maximum Gasteiger partial charge on any atom is 0.325 e. The summed E-state index contributed by atoms with van der Waals surface area (Å²) in [5.74, 6) is 0. The van der Waals surface area contributed by atoms with Crippen LogP contribution in [-0.4, -0.2) is 63.7 Å². The minimum Gasteiger partial charge on any atom is -0.394 e. The van der Waals surface area contributed by atoms with Crippen LogP contribution < -0.4 is 0 Å². The Morgan fingerprint density at radius 2 is 1.93 bits per heavy atom. The van der Waals surface area contributed by atoms with Crippen LogP contribution in [0.2, 0.25) is 0 Å². The van der Waals surface area contributed by atoms with Gasteiger partial charge < -0.3 is 29.8 Å². The van der Waals surface area contributed by atoms with Crippen LogP contribution in [-0.2, 0) is 9.30 Å². The van der Waals surface area contributed by atoms with Crippen molar-refractivity contribution < 1.29 is 34.4 Å². The molecule has 1 rings (SSSR count). The lowest BCUT2D eigenvalue weighted by atomic mass is 10.1. The van der Waals surface area contributed by atoms with Crippen LogP contribution in [0.1, 0.15) is 6.42 Å². The van der Waals surface area contributed by atoms with Crippen molar-refractivity contribution in [2.24, 2.45) is 0 Å². The zero-order valence-corrected chi connectivity index (χ0v) is 8.79. The Morgan fingerprint density at radius 3 is 2.40 bits per heavy atom. The first kappa shape index (κ1) is 11.5. The van der Waals surface area contributed by atoms with E-state index in [-0.39, 0.29) is 12.6 Å². The standard InChI is InChI=1S/C7H15O7P/c8-3-5-7(10)6(9)4(14-5)1-2-15(11,12)13/h4-10H,1-3H2,(H2,11,12,13)/t4-,5-,6-,7-/m1/s1/i/hD. The molecule has 1 aliphatic heterocycles. The first-order valence-electron chi connectivity index (χ1n) is 4.91. The Kier molecular flexibility index (Phi) is 3.73. The smallest absolute Gasteiger partial charge is 0.325 e. The van der Waals surface area contributed by atoms with Crippen molar-refractivity contribution in [2.75, 3.05) is 12.8 Å². The van der Waals surface area contributed by atoms with Crippen LogP contribution >= 0.6 is 7.60 Å². The largest absolute Gasteiger partial charge is 0.394 e. The van der Waals surface area contributed by atoms with E-state index in [0.717, 1.165) is 0 Å². The number of hydrogen-bond donors (Lipinski definition) is 5. The molecule has 7 nitrogen and oxygen atoms in total. The number of ether oxygens (including phenoxy) is 1. The van der Waals surface area contributed by atoms with Crippen molar-refractivity contribution in [3.63, 3.8) is 0 Å². The number of rotatable bonds is 5. The summed E-state index contributed by atoms with van der Waals surface area (Å²) in [6.45, 7) is -0.444. The molecule has 0 saturated carbocycles. The van der Waals surface area contributed by atoms with Crippen LogP contribution in [0.5, 0.6) is 0 Å². The summed E-state index contributed by atoms with van der Waals surface area (Å²) in [7, 11) is -3.97. The summed E-state index contributed by atoms with van der Waals surface area (Å²) in [5, 5.41) is 27.7. The van der Waals surface area contributed by atoms with Crippen molar-refractivity contribution in [1.82, 2.24) is 0 Å². The number of aliphatic hydroxyl groups is 3. The van der Waals surface area contributed by atoms with Crippen LogP contribution in [0.15, 0.2) is 0 Å². The molecule has 1 saturated heterocycles. The van der Waals surface area contributed by atoms with Gasteiger partial charge in [-0.2, -0.15) is 0 Å². The zero-order chi connectivity index (χ0) is 12.3. The lowest BCUT2D eigenvalue weighted by molar-refractivity contribution is -0.0226. The molecule has 0 aromatic rings. The normalized spacial score (nSPS) is 41.2. The summed E-state index contributed by atoms with van der Waals surface area (Å²) >= 11 is 0. The maximum atomic E-state index is 11.0. The predicted octanol–water partition coefficient (Wildman–Crippen LogP) is -1.96. The molecule has 1 heterocycles. The van der Waals surface area contributed by atoms with Gasteiger partial charge in [-0.3, -0.25) is 4.57 Å². The molecule has 15 heavy (non-hydrogen) atoms. The van der Waals surface area contributed by atoms with E-state index < -0.39 is 38.6 Å². The third kappa shape index (κ3) is 3.49. The van der Waals surface area contributed by atoms with Crippen LogP contribution in [0.25, 0.3) is 0 Å². The molecule has 5 atom stereocenters. The molecule has 0 aliphatic carbocycles. The minimum absolute atomic E-state index is 0.0403. The summed E-state index contributed by atoms with van der Waals surface area (Å²) < 4.78 is 22.4. The SMILES string of the molecule is [2H]OP(=O)(O)CC[C@H]1O[C@H](CO)[C@@H](O)[C@@H]1O. The van der Waals surface area contributed by atoms with Gasteiger partial charge in [0.2, 0.25) is 1.43 Å². The highest BCUT2D eigenvalue weighted by Crippen LogP contribution is 2.37. The molecular weight excluding hydrogens is 227 g/mol. The van der Waals surface area contributed by atoms with E-state index in [9.17, 15) is 14.8 Å². The van der Waals surface area contributed by atoms with E-state index in [4.69, 9.17) is 16.2 Å². The van der Waals surface area contributed by atoms with Gasteiger partial charge in [0.05, 0.1) is 18.9 Å². The molecule has 0 spiro atoms. The molecule has 0 radical (unpaired) electrons. The third-order valence-corrected chi connectivity index (χ3v) is 3.16. The molecule has 0 aromatic carbocycles. The fourth-order valence-corrected chi connectivity index (χ4v) is 2.09. The highest BCUT2D eigenvalue weighted by molar-refractivity contribution is 7.51. The predicted molar refractivity (Wildman–Crippen MR) is 49.3 cm³/mol. The fraction of sp³-hybridized carbons (Fsp3) is 1.00. The second-order valence-corrected chi connectivity index (χ2v) is 5.25. The van der Waals surface area contributed by atoms with Gasteiger partial charge in [0, 0.05) is 0 Å². The Labute approximate surface area is 88.0 Å². The van der Waals surface area contributed by atoms with Crippen LogP contribution in [0, 0.1) is 0 Å². The van der Waals surface area contributed by atoms with Gasteiger partial charge in [0.25, 0.3) is 0 Å². The Balaban J connectivity index is 2.48. The van der Waals surface area contributed by atoms with Gasteiger partial charge in [-0.1, -0.05) is 0 Å². The highest BCUT2D eigenvalue weighted by Gasteiger charge is 2.42. The first-order chi connectivity index (χ1) is 7.41. The Bertz CT molecular complexity index is 275. The van der Waals surface area contributed by atoms with Crippen LogP contribution in [0.3, 0.4) is 0 Å². The van der Waals surface area contributed by atoms with E-state index in [1.807, 2.05) is 0 Å². The molecule has 0 aromatic heterocycles. The zero-order valence-electron chi connectivity index (χ0n) is 8.89. The molecule has 1 unspecified atom stereocenters. The molecule has 5 N–H and O–H groups in total. The van der Waals surface area contributed by atoms with Gasteiger partial charge in [-0.15, -0.1) is 0 Å². The molecular formula is C7H15O7P. The van der Waals surface area contributed by atoms with Gasteiger partial charge in [0.1, 0.15) is 18.3 Å². The molecule has 1 aliphatic rings. The fourth-order valence-electron chi connectivity index (χ4n) is 1.51. The van der Waals surface area contributed by atoms with Gasteiger partial charge in [-0.05, 0) is 6.42 Å². The van der Waals surface area contributed by atoms with Crippen molar-refractivity contribution >= 4 is 7.60 Å². The quantitative estimate of drug-likeness (QED) is 0.354. The minimum atomic E-state index is -3.97. The van der Waals surface area contributed by atoms with E-state index in [1.165, 1.54) is 0 Å². The second kappa shape index (κ2) is 4.88. The lowest BCUT2D eigenvalue weighted by Crippen LogP contribution is -2.34. The van der Waals surface area contributed by atoms with Crippen molar-refractivity contribution in [1.29, 1.82) is 1.43 Å². The van der Waals surface area contributed by atoms with Crippen molar-refractivity contribution in [3.05, 3.63) is 0 Å². The lowest BCUT2D eigenvalue weighted by Gasteiger charge is -2.14. The van der Waals surface area contributed by atoms with E-state index in [0.29, 0.717) is 0 Å². The third-order valence-electron chi connectivity index (χ3n) is 2.34. The van der Waals surface area contributed by atoms with Gasteiger partial charge in [0.15, 0.2) is 0 Å². The number of hydrogen-bond acceptors (Lipinski definition) is 6. The van der Waals surface area contributed by atoms with E-state index >= 15 is 0 Å². The van der Waals surface area contributed by atoms with Gasteiger partial charge in [-0.25, -0.2) is 0 Å². The Hall–Kier alpha value is -0.0100. The van der Waals surface area contributed by atoms with E-state index in [2.05, 4.69) is 4.90 Å². The molecule has 0 amide bonds. The molecule has 0 bridgehead atoms.